The second-order valence-corrected chi connectivity index (χ2v) is 18.9. The number of aliphatic carboxylic acids is 2. The first-order valence-corrected chi connectivity index (χ1v) is 21.2. The molecular weight excluding hydrogens is 751 g/mol. The largest absolute Gasteiger partial charge is 0.485 e. The van der Waals surface area contributed by atoms with E-state index in [2.05, 4.69) is 42.0 Å². The van der Waals surface area contributed by atoms with Crippen molar-refractivity contribution in [1.29, 1.82) is 0 Å². The van der Waals surface area contributed by atoms with Crippen LogP contribution in [0.5, 0.6) is 0 Å². The monoisotopic (exact) mass is 816 g/mol. The van der Waals surface area contributed by atoms with Gasteiger partial charge in [0.2, 0.25) is 29.5 Å². The number of hydrogen-bond acceptors (Lipinski definition) is 10. The third kappa shape index (κ3) is 9.33. The molecule has 0 radical (unpaired) electrons. The van der Waals surface area contributed by atoms with Crippen molar-refractivity contribution < 1.29 is 53.1 Å². The molecule has 4 aliphatic carbocycles. The summed E-state index contributed by atoms with van der Waals surface area (Å²) in [6, 6.07) is -5.99. The van der Waals surface area contributed by atoms with Gasteiger partial charge in [0.05, 0.1) is 29.6 Å². The molecule has 0 aromatic heterocycles. The molecule has 58 heavy (non-hydrogen) atoms. The van der Waals surface area contributed by atoms with Crippen LogP contribution in [0.3, 0.4) is 0 Å². The van der Waals surface area contributed by atoms with Crippen LogP contribution < -0.4 is 27.0 Å². The Kier molecular flexibility index (Phi) is 13.9. The van der Waals surface area contributed by atoms with E-state index in [1.54, 1.807) is 27.7 Å². The van der Waals surface area contributed by atoms with E-state index in [1.807, 2.05) is 0 Å². The predicted molar refractivity (Wildman–Crippen MR) is 211 cm³/mol. The maximum Gasteiger partial charge on any atom is 0.485 e. The van der Waals surface area contributed by atoms with E-state index in [-0.39, 0.29) is 23.8 Å². The molecule has 17 nitrogen and oxygen atoms in total. The smallest absolute Gasteiger partial charge is 0.481 e. The lowest BCUT2D eigenvalue weighted by Gasteiger charge is -2.64. The minimum atomic E-state index is -1.50. The second-order valence-electron chi connectivity index (χ2n) is 18.9. The topological polar surface area (TPSA) is 256 Å². The highest BCUT2D eigenvalue weighted by Crippen LogP contribution is 2.66. The summed E-state index contributed by atoms with van der Waals surface area (Å²) in [5.41, 5.74) is 4.65. The summed E-state index contributed by atoms with van der Waals surface area (Å²) in [5, 5.41) is 29.3. The molecule has 0 aromatic rings. The van der Waals surface area contributed by atoms with Crippen LogP contribution >= 0.6 is 0 Å². The first-order chi connectivity index (χ1) is 27.1. The average Bonchev–Trinajstić information content (AvgIpc) is 3.79. The van der Waals surface area contributed by atoms with Crippen molar-refractivity contribution >= 4 is 48.6 Å². The molecule has 18 heteroatoms. The minimum absolute atomic E-state index is 0.0408. The highest BCUT2D eigenvalue weighted by molar-refractivity contribution is 6.50. The fourth-order valence-electron chi connectivity index (χ4n) is 10.2. The van der Waals surface area contributed by atoms with Gasteiger partial charge in [0.1, 0.15) is 24.2 Å². The summed E-state index contributed by atoms with van der Waals surface area (Å²) in [6.45, 7) is 14.0. The normalized spacial score (nSPS) is 29.0. The third-order valence-electron chi connectivity index (χ3n) is 13.8. The summed E-state index contributed by atoms with van der Waals surface area (Å²) in [4.78, 5) is 92.6. The molecule has 5 amide bonds. The lowest BCUT2D eigenvalue weighted by molar-refractivity contribution is -0.199. The molecule has 6 aliphatic rings. The van der Waals surface area contributed by atoms with Crippen molar-refractivity contribution in [3.05, 3.63) is 0 Å². The van der Waals surface area contributed by atoms with E-state index in [0.717, 1.165) is 32.1 Å². The van der Waals surface area contributed by atoms with Gasteiger partial charge in [0.15, 0.2) is 0 Å². The zero-order chi connectivity index (χ0) is 42.9. The van der Waals surface area contributed by atoms with Gasteiger partial charge < -0.3 is 51.4 Å². The summed E-state index contributed by atoms with van der Waals surface area (Å²) in [6.07, 6.45) is 5.73. The number of nitrogens with two attached hydrogens (primary N) is 1. The molecule has 9 atom stereocenters. The molecule has 324 valence electrons. The van der Waals surface area contributed by atoms with Gasteiger partial charge >= 0.3 is 19.1 Å². The Bertz CT molecular complexity index is 1600. The Morgan fingerprint density at radius 3 is 2.05 bits per heavy atom. The van der Waals surface area contributed by atoms with Gasteiger partial charge in [-0.05, 0) is 81.0 Å². The van der Waals surface area contributed by atoms with Gasteiger partial charge in [-0.2, -0.15) is 0 Å². The fraction of sp³-hybridized carbons (Fsp3) is 0.825. The number of hydrogen-bond donors (Lipinski definition) is 7. The molecule has 2 heterocycles. The van der Waals surface area contributed by atoms with Gasteiger partial charge in [-0.1, -0.05) is 60.8 Å². The van der Waals surface area contributed by atoms with E-state index in [4.69, 9.17) is 20.1 Å². The van der Waals surface area contributed by atoms with Crippen LogP contribution in [0.1, 0.15) is 126 Å². The van der Waals surface area contributed by atoms with E-state index in [9.17, 15) is 38.7 Å². The highest BCUT2D eigenvalue weighted by Gasteiger charge is 2.70. The number of nitrogens with one attached hydrogen (secondary N) is 4. The first-order valence-electron chi connectivity index (χ1n) is 21.2. The van der Waals surface area contributed by atoms with Crippen molar-refractivity contribution in [3.63, 3.8) is 0 Å². The van der Waals surface area contributed by atoms with E-state index >= 15 is 0 Å². The Hall–Kier alpha value is -3.77. The number of rotatable bonds is 17. The Morgan fingerprint density at radius 2 is 1.47 bits per heavy atom. The molecule has 8 N–H and O–H groups in total. The van der Waals surface area contributed by atoms with Gasteiger partial charge in [0, 0.05) is 13.0 Å². The predicted octanol–water partition coefficient (Wildman–Crippen LogP) is 1.50. The van der Waals surface area contributed by atoms with Crippen LogP contribution in [0.15, 0.2) is 0 Å². The Balaban J connectivity index is 1.27. The zero-order valence-electron chi connectivity index (χ0n) is 35.1. The maximum atomic E-state index is 14.4. The van der Waals surface area contributed by atoms with Gasteiger partial charge in [-0.25, -0.2) is 0 Å². The Labute approximate surface area is 341 Å². The molecule has 0 aromatic carbocycles. The molecule has 6 rings (SSSR count). The van der Waals surface area contributed by atoms with Crippen LogP contribution in [-0.2, 0) is 42.9 Å². The number of carboxylic acid groups (broad SMARTS) is 2. The lowest BCUT2D eigenvalue weighted by Crippen LogP contribution is -2.66. The van der Waals surface area contributed by atoms with Crippen molar-refractivity contribution in [2.75, 3.05) is 6.54 Å². The molecular formula is C40H65BN6O11. The van der Waals surface area contributed by atoms with E-state index in [0.29, 0.717) is 44.1 Å². The number of likely N-dealkylation sites (tertiary alicyclic amines) is 1. The van der Waals surface area contributed by atoms with Crippen molar-refractivity contribution in [3.8, 4) is 0 Å². The number of carbonyl (C=O) groups is 7. The molecule has 2 unspecified atom stereocenters. The standard InChI is InChI=1S/C40H65BN6O11/c1-21(2)31(44-34(53)25(13-14-29(48)49)43-33(52)24(42)20-30(50)51)36(55)45-32(22(3)4)37(56)47-17-11-12-26(47)35(54)46-40(15-9-8-10-16-40)41-57-28-19-23-18-27(38(23,5)6)39(28,7)58-41/h21-28,31-32H,8-20,42H2,1-7H3,(H,43,52)(H,44,53)(H,45,55)(H,46,54)(H,48,49)(H,50,51)/t23?,24-,25-,26-,27?,28+,31-,32-,39-/m0/s1. The molecule has 2 aliphatic heterocycles. The zero-order valence-corrected chi connectivity index (χ0v) is 35.1. The summed E-state index contributed by atoms with van der Waals surface area (Å²) in [5.74, 6) is -5.80. The maximum absolute atomic E-state index is 14.4. The van der Waals surface area contributed by atoms with E-state index < -0.39 is 109 Å². The fourth-order valence-corrected chi connectivity index (χ4v) is 10.2. The minimum Gasteiger partial charge on any atom is -0.481 e. The number of nitrogens with zero attached hydrogens (tertiary/aromatic N) is 1. The van der Waals surface area contributed by atoms with Crippen LogP contribution in [0.2, 0.25) is 0 Å². The van der Waals surface area contributed by atoms with Crippen LogP contribution in [0.4, 0.5) is 0 Å². The van der Waals surface area contributed by atoms with Crippen LogP contribution in [0, 0.1) is 29.1 Å². The van der Waals surface area contributed by atoms with Crippen LogP contribution in [0.25, 0.3) is 0 Å². The van der Waals surface area contributed by atoms with Crippen molar-refractivity contribution in [2.24, 2.45) is 34.8 Å². The number of carbonyl (C=O) groups excluding carboxylic acids is 5. The summed E-state index contributed by atoms with van der Waals surface area (Å²) >= 11 is 0. The van der Waals surface area contributed by atoms with Crippen molar-refractivity contribution in [2.45, 2.75) is 173 Å². The second kappa shape index (κ2) is 17.8. The quantitative estimate of drug-likeness (QED) is 0.103. The van der Waals surface area contributed by atoms with Crippen molar-refractivity contribution in [1.82, 2.24) is 26.2 Å². The Morgan fingerprint density at radius 1 is 0.828 bits per heavy atom. The molecule has 6 fully saturated rings. The molecule has 4 saturated carbocycles. The number of carboxylic acids is 2. The van der Waals surface area contributed by atoms with Crippen LogP contribution in [-0.4, -0.2) is 118 Å². The molecule has 0 spiro atoms. The van der Waals surface area contributed by atoms with E-state index in [1.165, 1.54) is 4.90 Å². The summed E-state index contributed by atoms with van der Waals surface area (Å²) < 4.78 is 13.7. The van der Waals surface area contributed by atoms with Gasteiger partial charge in [0.25, 0.3) is 0 Å². The molecule has 2 bridgehead atoms. The number of amides is 5. The SMILES string of the molecule is CC(C)[C@H](NC(=O)[C@H](CCC(=O)O)NC(=O)[C@@H](N)CC(=O)O)C(=O)N[C@H](C(=O)N1CCC[C@H]1C(=O)NC1(B2O[C@@H]3CC4CC(C4(C)C)[C@]3(C)O2)CCCCC1)C(C)C. The highest BCUT2D eigenvalue weighted by atomic mass is 16.7. The summed E-state index contributed by atoms with van der Waals surface area (Å²) in [7, 11) is -0.600. The first kappa shape index (κ1) is 45.3. The average molecular weight is 817 g/mol. The lowest BCUT2D eigenvalue weighted by atomic mass is 9.43. The molecule has 2 saturated heterocycles. The van der Waals surface area contributed by atoms with Gasteiger partial charge in [-0.15, -0.1) is 0 Å². The van der Waals surface area contributed by atoms with Gasteiger partial charge in [-0.3, -0.25) is 33.6 Å². The third-order valence-corrected chi connectivity index (χ3v) is 13.8.